The molecular weight excluding hydrogens is 238 g/mol. The van der Waals surface area contributed by atoms with Crippen LogP contribution in [0, 0.1) is 13.8 Å². The second-order valence-electron chi connectivity index (χ2n) is 4.52. The van der Waals surface area contributed by atoms with Crippen molar-refractivity contribution >= 4 is 11.6 Å². The molecule has 0 unspecified atom stereocenters. The van der Waals surface area contributed by atoms with Gasteiger partial charge in [0.2, 0.25) is 5.95 Å². The minimum Gasteiger partial charge on any atom is -0.347 e. The Morgan fingerprint density at radius 3 is 2.79 bits per heavy atom. The van der Waals surface area contributed by atoms with Gasteiger partial charge in [0.15, 0.2) is 5.65 Å². The van der Waals surface area contributed by atoms with Crippen LogP contribution in [0.15, 0.2) is 36.5 Å². The van der Waals surface area contributed by atoms with E-state index >= 15 is 0 Å². The van der Waals surface area contributed by atoms with E-state index in [9.17, 15) is 0 Å². The van der Waals surface area contributed by atoms with Crippen molar-refractivity contribution in [2.75, 3.05) is 5.32 Å². The number of rotatable bonds is 3. The van der Waals surface area contributed by atoms with E-state index < -0.39 is 0 Å². The molecule has 0 fully saturated rings. The van der Waals surface area contributed by atoms with E-state index in [0.717, 1.165) is 22.6 Å². The summed E-state index contributed by atoms with van der Waals surface area (Å²) in [4.78, 5) is 8.90. The number of fused-ring (bicyclic) bond motifs is 1. The first kappa shape index (κ1) is 11.6. The first-order valence-electron chi connectivity index (χ1n) is 6.21. The predicted octanol–water partition coefficient (Wildman–Crippen LogP) is 2.35. The summed E-state index contributed by atoms with van der Waals surface area (Å²) in [6.07, 6.45) is 1.89. The fourth-order valence-electron chi connectivity index (χ4n) is 1.98. The zero-order valence-electron chi connectivity index (χ0n) is 11.0. The summed E-state index contributed by atoms with van der Waals surface area (Å²) in [5.74, 6) is 0.623. The molecule has 0 aromatic carbocycles. The highest BCUT2D eigenvalue weighted by atomic mass is 15.3. The van der Waals surface area contributed by atoms with Crippen LogP contribution in [-0.4, -0.2) is 19.6 Å². The predicted molar refractivity (Wildman–Crippen MR) is 74.0 cm³/mol. The van der Waals surface area contributed by atoms with E-state index in [1.807, 2.05) is 50.4 Å². The Morgan fingerprint density at radius 1 is 1.11 bits per heavy atom. The molecule has 3 heterocycles. The van der Waals surface area contributed by atoms with Crippen LogP contribution >= 0.6 is 0 Å². The van der Waals surface area contributed by atoms with Crippen molar-refractivity contribution in [3.63, 3.8) is 0 Å². The molecule has 0 atom stereocenters. The molecule has 0 aliphatic heterocycles. The lowest BCUT2D eigenvalue weighted by Gasteiger charge is -2.01. The van der Waals surface area contributed by atoms with Crippen LogP contribution in [0.25, 0.3) is 5.65 Å². The smallest absolute Gasteiger partial charge is 0.243 e. The van der Waals surface area contributed by atoms with E-state index in [1.165, 1.54) is 0 Å². The van der Waals surface area contributed by atoms with Crippen LogP contribution in [-0.2, 0) is 6.54 Å². The number of aryl methyl sites for hydroxylation is 2. The van der Waals surface area contributed by atoms with Crippen molar-refractivity contribution in [1.29, 1.82) is 0 Å². The summed E-state index contributed by atoms with van der Waals surface area (Å²) in [5, 5.41) is 7.58. The summed E-state index contributed by atoms with van der Waals surface area (Å²) >= 11 is 0. The zero-order chi connectivity index (χ0) is 13.2. The molecule has 0 saturated heterocycles. The van der Waals surface area contributed by atoms with E-state index in [0.29, 0.717) is 12.5 Å². The Morgan fingerprint density at radius 2 is 2.00 bits per heavy atom. The minimum atomic E-state index is 0.623. The number of nitrogens with one attached hydrogen (secondary N) is 1. The maximum absolute atomic E-state index is 4.46. The third kappa shape index (κ3) is 2.40. The van der Waals surface area contributed by atoms with Crippen LogP contribution < -0.4 is 5.32 Å². The average Bonchev–Trinajstić information content (AvgIpc) is 2.81. The third-order valence-corrected chi connectivity index (χ3v) is 2.93. The third-order valence-electron chi connectivity index (χ3n) is 2.93. The fourth-order valence-corrected chi connectivity index (χ4v) is 1.98. The summed E-state index contributed by atoms with van der Waals surface area (Å²) in [7, 11) is 0. The number of aromatic nitrogens is 4. The van der Waals surface area contributed by atoms with Crippen molar-refractivity contribution in [1.82, 2.24) is 19.6 Å². The van der Waals surface area contributed by atoms with Crippen molar-refractivity contribution in [3.8, 4) is 0 Å². The summed E-state index contributed by atoms with van der Waals surface area (Å²) in [5.41, 5.74) is 3.98. The Labute approximate surface area is 111 Å². The molecule has 96 valence electrons. The van der Waals surface area contributed by atoms with Gasteiger partial charge in [0.05, 0.1) is 12.2 Å². The second kappa shape index (κ2) is 4.68. The van der Waals surface area contributed by atoms with E-state index in [1.54, 1.807) is 4.52 Å². The first-order valence-corrected chi connectivity index (χ1v) is 6.21. The molecule has 3 aromatic heterocycles. The maximum atomic E-state index is 4.46. The van der Waals surface area contributed by atoms with Crippen molar-refractivity contribution in [2.45, 2.75) is 20.4 Å². The summed E-state index contributed by atoms with van der Waals surface area (Å²) in [6, 6.07) is 9.95. The van der Waals surface area contributed by atoms with Crippen molar-refractivity contribution in [2.24, 2.45) is 0 Å². The molecule has 1 N–H and O–H groups in total. The molecular formula is C14H15N5. The van der Waals surface area contributed by atoms with Gasteiger partial charge < -0.3 is 5.32 Å². The lowest BCUT2D eigenvalue weighted by molar-refractivity contribution is 0.935. The van der Waals surface area contributed by atoms with Gasteiger partial charge in [-0.15, -0.1) is 5.10 Å². The number of hydrogen-bond donors (Lipinski definition) is 1. The molecule has 0 radical (unpaired) electrons. The average molecular weight is 253 g/mol. The molecule has 5 nitrogen and oxygen atoms in total. The number of nitrogens with zero attached hydrogens (tertiary/aromatic N) is 4. The maximum Gasteiger partial charge on any atom is 0.243 e. The molecule has 0 spiro atoms. The highest BCUT2D eigenvalue weighted by Crippen LogP contribution is 2.10. The van der Waals surface area contributed by atoms with E-state index in [2.05, 4.69) is 20.4 Å². The molecule has 0 bridgehead atoms. The summed E-state index contributed by atoms with van der Waals surface area (Å²) < 4.78 is 1.78. The molecule has 0 aliphatic carbocycles. The van der Waals surface area contributed by atoms with Crippen LogP contribution in [0.2, 0.25) is 0 Å². The monoisotopic (exact) mass is 253 g/mol. The Balaban J connectivity index is 1.80. The van der Waals surface area contributed by atoms with Gasteiger partial charge in [-0.1, -0.05) is 12.1 Å². The van der Waals surface area contributed by atoms with E-state index in [4.69, 9.17) is 0 Å². The van der Waals surface area contributed by atoms with Crippen LogP contribution in [0.3, 0.4) is 0 Å². The van der Waals surface area contributed by atoms with Gasteiger partial charge in [-0.25, -0.2) is 4.52 Å². The van der Waals surface area contributed by atoms with Gasteiger partial charge in [-0.3, -0.25) is 4.98 Å². The van der Waals surface area contributed by atoms with Gasteiger partial charge in [0, 0.05) is 11.9 Å². The Bertz CT molecular complexity index is 717. The highest BCUT2D eigenvalue weighted by molar-refractivity contribution is 5.49. The molecule has 3 rings (SSSR count). The second-order valence-corrected chi connectivity index (χ2v) is 4.52. The van der Waals surface area contributed by atoms with Crippen LogP contribution in [0.4, 0.5) is 5.95 Å². The van der Waals surface area contributed by atoms with Gasteiger partial charge >= 0.3 is 0 Å². The first-order chi connectivity index (χ1) is 9.22. The van der Waals surface area contributed by atoms with Gasteiger partial charge in [-0.05, 0) is 37.6 Å². The number of pyridine rings is 2. The van der Waals surface area contributed by atoms with Gasteiger partial charge in [-0.2, -0.15) is 4.98 Å². The normalized spacial score (nSPS) is 10.8. The Kier molecular flexibility index (Phi) is 2.87. The van der Waals surface area contributed by atoms with E-state index in [-0.39, 0.29) is 0 Å². The fraction of sp³-hybridized carbons (Fsp3) is 0.214. The zero-order valence-corrected chi connectivity index (χ0v) is 11.0. The minimum absolute atomic E-state index is 0.623. The van der Waals surface area contributed by atoms with Crippen LogP contribution in [0.1, 0.15) is 17.0 Å². The molecule has 0 aliphatic rings. The quantitative estimate of drug-likeness (QED) is 0.778. The summed E-state index contributed by atoms with van der Waals surface area (Å²) in [6.45, 7) is 4.63. The Hall–Kier alpha value is -2.43. The SMILES string of the molecule is Cc1cccc(CNc2nc3c(C)cccn3n2)n1. The standard InChI is InChI=1S/C14H15N5/c1-10-5-4-8-19-13(10)17-14(18-19)15-9-12-7-3-6-11(2)16-12/h3-8H,9H2,1-2H3,(H,15,18). The molecule has 0 amide bonds. The van der Waals surface area contributed by atoms with Gasteiger partial charge in [0.25, 0.3) is 0 Å². The molecule has 19 heavy (non-hydrogen) atoms. The highest BCUT2D eigenvalue weighted by Gasteiger charge is 2.05. The lowest BCUT2D eigenvalue weighted by Crippen LogP contribution is -2.03. The van der Waals surface area contributed by atoms with Crippen LogP contribution in [0.5, 0.6) is 0 Å². The largest absolute Gasteiger partial charge is 0.347 e. The topological polar surface area (TPSA) is 55.1 Å². The molecule has 0 saturated carbocycles. The molecule has 3 aromatic rings. The van der Waals surface area contributed by atoms with Crippen molar-refractivity contribution < 1.29 is 0 Å². The van der Waals surface area contributed by atoms with Gasteiger partial charge in [0.1, 0.15) is 0 Å². The molecule has 5 heteroatoms. The van der Waals surface area contributed by atoms with Crippen molar-refractivity contribution in [3.05, 3.63) is 53.5 Å². The number of hydrogen-bond acceptors (Lipinski definition) is 4. The number of anilines is 1. The lowest BCUT2D eigenvalue weighted by atomic mass is 10.3.